The zero-order valence-electron chi connectivity index (χ0n) is 16.0. The molecule has 1 fully saturated rings. The van der Waals surface area contributed by atoms with E-state index in [1.165, 1.54) is 4.90 Å². The number of benzene rings is 1. The lowest BCUT2D eigenvalue weighted by Crippen LogP contribution is -2.44. The number of ether oxygens (including phenoxy) is 1. The molecule has 0 N–H and O–H groups in total. The van der Waals surface area contributed by atoms with Crippen LogP contribution >= 0.6 is 0 Å². The summed E-state index contributed by atoms with van der Waals surface area (Å²) in [4.78, 5) is 13.8. The third-order valence-corrected chi connectivity index (χ3v) is 6.40. The van der Waals surface area contributed by atoms with Gasteiger partial charge in [0.15, 0.2) is 16.4 Å². The SMILES string of the molecule is CCCCN(C(=O)COc1cc(C(F)(F)F)cc(C(F)(F)F)c1)C1CCS(=O)(=O)C1. The van der Waals surface area contributed by atoms with Crippen molar-refractivity contribution in [2.24, 2.45) is 0 Å². The number of hydrogen-bond donors (Lipinski definition) is 0. The highest BCUT2D eigenvalue weighted by molar-refractivity contribution is 7.91. The van der Waals surface area contributed by atoms with Crippen LogP contribution < -0.4 is 4.74 Å². The van der Waals surface area contributed by atoms with Gasteiger partial charge in [0, 0.05) is 12.6 Å². The molecular formula is C18H21F6NO4S. The Hall–Kier alpha value is -1.98. The average Bonchev–Trinajstić information content (AvgIpc) is 2.98. The minimum Gasteiger partial charge on any atom is -0.484 e. The van der Waals surface area contributed by atoms with Crippen LogP contribution in [0.25, 0.3) is 0 Å². The number of carbonyl (C=O) groups is 1. The number of halogens is 6. The third kappa shape index (κ3) is 6.51. The van der Waals surface area contributed by atoms with Crippen LogP contribution in [0.4, 0.5) is 26.3 Å². The van der Waals surface area contributed by atoms with Gasteiger partial charge < -0.3 is 9.64 Å². The second kappa shape index (κ2) is 9.03. The van der Waals surface area contributed by atoms with Crippen molar-refractivity contribution in [3.05, 3.63) is 29.3 Å². The topological polar surface area (TPSA) is 63.7 Å². The van der Waals surface area contributed by atoms with Gasteiger partial charge in [-0.1, -0.05) is 13.3 Å². The van der Waals surface area contributed by atoms with Gasteiger partial charge in [-0.25, -0.2) is 8.42 Å². The standard InChI is InChI=1S/C18H21F6NO4S/c1-2-3-5-25(14-4-6-30(27,28)11-14)16(26)10-29-15-8-12(17(19,20)21)7-13(9-15)18(22,23)24/h7-9,14H,2-6,10-11H2,1H3. The summed E-state index contributed by atoms with van der Waals surface area (Å²) < 4.78 is 106. The first-order valence-electron chi connectivity index (χ1n) is 9.15. The van der Waals surface area contributed by atoms with Crippen LogP contribution in [0, 0.1) is 0 Å². The van der Waals surface area contributed by atoms with Gasteiger partial charge in [0.2, 0.25) is 0 Å². The second-order valence-corrected chi connectivity index (χ2v) is 9.26. The lowest BCUT2D eigenvalue weighted by molar-refractivity contribution is -0.143. The molecule has 0 bridgehead atoms. The minimum absolute atomic E-state index is 0.0361. The van der Waals surface area contributed by atoms with Crippen LogP contribution in [0.5, 0.6) is 5.75 Å². The van der Waals surface area contributed by atoms with Crippen molar-refractivity contribution in [1.82, 2.24) is 4.90 Å². The van der Waals surface area contributed by atoms with Gasteiger partial charge in [-0.05, 0) is 31.0 Å². The van der Waals surface area contributed by atoms with Gasteiger partial charge >= 0.3 is 12.4 Å². The zero-order chi connectivity index (χ0) is 22.7. The molecule has 1 heterocycles. The Morgan fingerprint density at radius 1 is 1.10 bits per heavy atom. The van der Waals surface area contributed by atoms with E-state index in [0.717, 1.165) is 0 Å². The first kappa shape index (κ1) is 24.3. The maximum atomic E-state index is 12.9. The lowest BCUT2D eigenvalue weighted by atomic mass is 10.1. The van der Waals surface area contributed by atoms with E-state index in [0.29, 0.717) is 25.0 Å². The molecule has 0 aliphatic carbocycles. The molecule has 0 aromatic heterocycles. The normalized spacial score (nSPS) is 19.0. The number of sulfone groups is 1. The van der Waals surface area contributed by atoms with Gasteiger partial charge in [0.05, 0.1) is 22.6 Å². The molecule has 12 heteroatoms. The molecule has 30 heavy (non-hydrogen) atoms. The van der Waals surface area contributed by atoms with Crippen LogP contribution in [-0.2, 0) is 27.0 Å². The van der Waals surface area contributed by atoms with Gasteiger partial charge in [-0.3, -0.25) is 4.79 Å². The summed E-state index contributed by atoms with van der Waals surface area (Å²) in [5, 5.41) is 0. The van der Waals surface area contributed by atoms with E-state index in [1.54, 1.807) is 0 Å². The summed E-state index contributed by atoms with van der Waals surface area (Å²) >= 11 is 0. The van der Waals surface area contributed by atoms with Crippen LogP contribution in [0.2, 0.25) is 0 Å². The molecule has 0 radical (unpaired) electrons. The monoisotopic (exact) mass is 461 g/mol. The minimum atomic E-state index is -5.03. The van der Waals surface area contributed by atoms with Gasteiger partial charge in [0.25, 0.3) is 5.91 Å². The van der Waals surface area contributed by atoms with Crippen molar-refractivity contribution in [3.63, 3.8) is 0 Å². The molecule has 1 unspecified atom stereocenters. The van der Waals surface area contributed by atoms with Crippen molar-refractivity contribution in [2.45, 2.75) is 44.6 Å². The van der Waals surface area contributed by atoms with Gasteiger partial charge in [0.1, 0.15) is 5.75 Å². The Morgan fingerprint density at radius 3 is 2.10 bits per heavy atom. The molecule has 0 spiro atoms. The second-order valence-electron chi connectivity index (χ2n) is 7.03. The Morgan fingerprint density at radius 2 is 1.67 bits per heavy atom. The zero-order valence-corrected chi connectivity index (χ0v) is 16.8. The molecule has 1 aliphatic heterocycles. The highest BCUT2D eigenvalue weighted by Crippen LogP contribution is 2.38. The number of amides is 1. The Kier molecular flexibility index (Phi) is 7.31. The molecule has 1 aromatic rings. The smallest absolute Gasteiger partial charge is 0.416 e. The van der Waals surface area contributed by atoms with Crippen LogP contribution in [0.15, 0.2) is 18.2 Å². The maximum absolute atomic E-state index is 12.9. The number of rotatable bonds is 7. The molecule has 1 amide bonds. The lowest BCUT2D eigenvalue weighted by Gasteiger charge is -2.28. The summed E-state index contributed by atoms with van der Waals surface area (Å²) in [6, 6.07) is 0.147. The largest absolute Gasteiger partial charge is 0.484 e. The van der Waals surface area contributed by atoms with Crippen LogP contribution in [-0.4, -0.2) is 49.9 Å². The van der Waals surface area contributed by atoms with Crippen molar-refractivity contribution in [3.8, 4) is 5.75 Å². The van der Waals surface area contributed by atoms with Gasteiger partial charge in [-0.2, -0.15) is 26.3 Å². The van der Waals surface area contributed by atoms with Gasteiger partial charge in [-0.15, -0.1) is 0 Å². The summed E-state index contributed by atoms with van der Waals surface area (Å²) in [7, 11) is -3.29. The Labute approximate surface area is 169 Å². The molecule has 1 aromatic carbocycles. The van der Waals surface area contributed by atoms with E-state index in [2.05, 4.69) is 0 Å². The van der Waals surface area contributed by atoms with E-state index in [1.807, 2.05) is 6.92 Å². The highest BCUT2D eigenvalue weighted by Gasteiger charge is 2.38. The van der Waals surface area contributed by atoms with E-state index in [-0.39, 0.29) is 30.5 Å². The van der Waals surface area contributed by atoms with Crippen molar-refractivity contribution in [1.29, 1.82) is 0 Å². The predicted octanol–water partition coefficient (Wildman–Crippen LogP) is 3.92. The van der Waals surface area contributed by atoms with Crippen molar-refractivity contribution in [2.75, 3.05) is 24.7 Å². The Balaban J connectivity index is 2.19. The van der Waals surface area contributed by atoms with E-state index in [9.17, 15) is 39.6 Å². The van der Waals surface area contributed by atoms with Crippen molar-refractivity contribution >= 4 is 15.7 Å². The fourth-order valence-corrected chi connectivity index (χ4v) is 4.83. The predicted molar refractivity (Wildman–Crippen MR) is 95.6 cm³/mol. The summed E-state index contributed by atoms with van der Waals surface area (Å²) in [5.41, 5.74) is -3.10. The fourth-order valence-electron chi connectivity index (χ4n) is 3.10. The molecule has 2 rings (SSSR count). The molecule has 1 saturated heterocycles. The fraction of sp³-hybridized carbons (Fsp3) is 0.611. The highest BCUT2D eigenvalue weighted by atomic mass is 32.2. The number of alkyl halides is 6. The maximum Gasteiger partial charge on any atom is 0.416 e. The molecule has 0 saturated carbocycles. The van der Waals surface area contributed by atoms with Crippen LogP contribution in [0.3, 0.4) is 0 Å². The number of carbonyl (C=O) groups excluding carboxylic acids is 1. The molecule has 1 atom stereocenters. The van der Waals surface area contributed by atoms with E-state index in [4.69, 9.17) is 4.74 Å². The molecular weight excluding hydrogens is 440 g/mol. The first-order chi connectivity index (χ1) is 13.7. The number of nitrogens with zero attached hydrogens (tertiary/aromatic N) is 1. The quantitative estimate of drug-likeness (QED) is 0.578. The summed E-state index contributed by atoms with van der Waals surface area (Å²) in [6.07, 6.45) is -8.58. The van der Waals surface area contributed by atoms with Crippen LogP contribution in [0.1, 0.15) is 37.3 Å². The molecule has 170 valence electrons. The van der Waals surface area contributed by atoms with E-state index >= 15 is 0 Å². The van der Waals surface area contributed by atoms with E-state index < -0.39 is 57.6 Å². The first-order valence-corrected chi connectivity index (χ1v) is 11.0. The molecule has 5 nitrogen and oxygen atoms in total. The Bertz CT molecular complexity index is 834. The number of unbranched alkanes of at least 4 members (excludes halogenated alkanes) is 1. The summed E-state index contributed by atoms with van der Waals surface area (Å²) in [6.45, 7) is 1.26. The number of hydrogen-bond acceptors (Lipinski definition) is 4. The van der Waals surface area contributed by atoms with Crippen molar-refractivity contribution < 1.29 is 44.3 Å². The molecule has 1 aliphatic rings. The third-order valence-electron chi connectivity index (χ3n) is 4.65. The summed E-state index contributed by atoms with van der Waals surface area (Å²) in [5.74, 6) is -1.77. The average molecular weight is 461 g/mol.